The van der Waals surface area contributed by atoms with Gasteiger partial charge in [0.1, 0.15) is 0 Å². The van der Waals surface area contributed by atoms with Crippen LogP contribution in [0.15, 0.2) is 72.9 Å². The lowest BCUT2D eigenvalue weighted by atomic mass is 10.0. The normalized spacial score (nSPS) is 13.4. The summed E-state index contributed by atoms with van der Waals surface area (Å²) in [6.07, 6.45) is 4.10. The van der Waals surface area contributed by atoms with Crippen molar-refractivity contribution in [2.75, 3.05) is 0 Å². The van der Waals surface area contributed by atoms with Gasteiger partial charge in [0.2, 0.25) is 0 Å². The molecule has 0 amide bonds. The van der Waals surface area contributed by atoms with Gasteiger partial charge in [0, 0.05) is 17.3 Å². The monoisotopic (exact) mass is 291 g/mol. The summed E-state index contributed by atoms with van der Waals surface area (Å²) in [6.45, 7) is 0. The first kappa shape index (κ1) is 13.6. The van der Waals surface area contributed by atoms with E-state index in [0.717, 1.165) is 5.69 Å². The van der Waals surface area contributed by atoms with Crippen LogP contribution in [0.1, 0.15) is 16.7 Å². The summed E-state index contributed by atoms with van der Waals surface area (Å²) < 4.78 is 0. The van der Waals surface area contributed by atoms with Crippen molar-refractivity contribution < 1.29 is 0 Å². The van der Waals surface area contributed by atoms with Crippen molar-refractivity contribution in [3.05, 3.63) is 89.6 Å². The van der Waals surface area contributed by atoms with Crippen molar-refractivity contribution in [2.24, 2.45) is 0 Å². The standard InChI is InChI=1S/C19H13N.ClH/c1-2-7-14(8-3-1)13-18-15-9-4-5-10-16(15)19-17(18)11-6-12-20-19;/h1-13H;1H/b18-13-;. The third-order valence-electron chi connectivity index (χ3n) is 3.68. The van der Waals surface area contributed by atoms with E-state index in [0.29, 0.717) is 0 Å². The minimum absolute atomic E-state index is 0. The number of aromatic nitrogens is 1. The van der Waals surface area contributed by atoms with Gasteiger partial charge in [0.05, 0.1) is 5.69 Å². The highest BCUT2D eigenvalue weighted by Crippen LogP contribution is 2.43. The number of nitrogens with zero attached hydrogens (tertiary/aromatic N) is 1. The third kappa shape index (κ3) is 2.26. The van der Waals surface area contributed by atoms with Crippen molar-refractivity contribution in [3.63, 3.8) is 0 Å². The molecule has 0 aliphatic heterocycles. The van der Waals surface area contributed by atoms with Crippen molar-refractivity contribution in [1.82, 2.24) is 4.98 Å². The lowest BCUT2D eigenvalue weighted by Crippen LogP contribution is -1.82. The fraction of sp³-hybridized carbons (Fsp3) is 0. The molecule has 0 radical (unpaired) electrons. The van der Waals surface area contributed by atoms with Crippen LogP contribution in [0.25, 0.3) is 22.9 Å². The molecule has 1 aromatic heterocycles. The molecule has 0 saturated heterocycles. The first-order valence-corrected chi connectivity index (χ1v) is 6.75. The number of halogens is 1. The van der Waals surface area contributed by atoms with Gasteiger partial charge in [-0.25, -0.2) is 0 Å². The minimum Gasteiger partial charge on any atom is -0.256 e. The van der Waals surface area contributed by atoms with Gasteiger partial charge >= 0.3 is 0 Å². The minimum atomic E-state index is 0. The second-order valence-corrected chi connectivity index (χ2v) is 4.91. The molecule has 0 unspecified atom stereocenters. The Bertz CT molecular complexity index is 759. The Morgan fingerprint density at radius 1 is 0.667 bits per heavy atom. The number of fused-ring (bicyclic) bond motifs is 3. The van der Waals surface area contributed by atoms with Crippen molar-refractivity contribution in [1.29, 1.82) is 0 Å². The number of hydrogen-bond acceptors (Lipinski definition) is 1. The molecule has 1 nitrogen and oxygen atoms in total. The largest absolute Gasteiger partial charge is 0.256 e. The van der Waals surface area contributed by atoms with Crippen LogP contribution in [-0.4, -0.2) is 4.98 Å². The van der Waals surface area contributed by atoms with Crippen LogP contribution in [0, 0.1) is 0 Å². The summed E-state index contributed by atoms with van der Waals surface area (Å²) in [6, 6.07) is 23.1. The van der Waals surface area contributed by atoms with Crippen molar-refractivity contribution in [2.45, 2.75) is 0 Å². The molecule has 1 heterocycles. The first-order chi connectivity index (χ1) is 9.93. The Labute approximate surface area is 130 Å². The number of pyridine rings is 1. The quantitative estimate of drug-likeness (QED) is 0.477. The van der Waals surface area contributed by atoms with Gasteiger partial charge in [-0.3, -0.25) is 4.98 Å². The number of rotatable bonds is 1. The van der Waals surface area contributed by atoms with Crippen molar-refractivity contribution in [3.8, 4) is 11.3 Å². The van der Waals surface area contributed by atoms with Crippen LogP contribution < -0.4 is 0 Å². The molecule has 1 aliphatic carbocycles. The zero-order valence-corrected chi connectivity index (χ0v) is 12.2. The van der Waals surface area contributed by atoms with Crippen LogP contribution in [-0.2, 0) is 0 Å². The SMILES string of the molecule is C(=C1\c2ccccc2-c2ncccc21)/c1ccccc1.Cl. The van der Waals surface area contributed by atoms with Gasteiger partial charge in [-0.1, -0.05) is 60.7 Å². The average Bonchev–Trinajstić information content (AvgIpc) is 2.84. The van der Waals surface area contributed by atoms with Crippen LogP contribution in [0.3, 0.4) is 0 Å². The second kappa shape index (κ2) is 5.55. The smallest absolute Gasteiger partial charge is 0.0786 e. The molecule has 2 aromatic carbocycles. The zero-order chi connectivity index (χ0) is 13.4. The fourth-order valence-electron chi connectivity index (χ4n) is 2.78. The molecule has 0 fully saturated rings. The Kier molecular flexibility index (Phi) is 3.59. The highest BCUT2D eigenvalue weighted by Gasteiger charge is 2.23. The lowest BCUT2D eigenvalue weighted by molar-refractivity contribution is 1.33. The van der Waals surface area contributed by atoms with E-state index in [4.69, 9.17) is 0 Å². The number of benzene rings is 2. The zero-order valence-electron chi connectivity index (χ0n) is 11.4. The molecule has 102 valence electrons. The molecule has 0 atom stereocenters. The summed E-state index contributed by atoms with van der Waals surface area (Å²) in [5.74, 6) is 0. The fourth-order valence-corrected chi connectivity index (χ4v) is 2.78. The highest BCUT2D eigenvalue weighted by molar-refractivity contribution is 6.05. The van der Waals surface area contributed by atoms with E-state index in [1.54, 1.807) is 0 Å². The topological polar surface area (TPSA) is 12.9 Å². The Hall–Kier alpha value is -2.38. The van der Waals surface area contributed by atoms with Gasteiger partial charge in [-0.15, -0.1) is 12.4 Å². The molecular weight excluding hydrogens is 278 g/mol. The van der Waals surface area contributed by atoms with Crippen LogP contribution >= 0.6 is 12.4 Å². The molecular formula is C19H14ClN. The van der Waals surface area contributed by atoms with Crippen molar-refractivity contribution >= 4 is 24.1 Å². The molecule has 2 heteroatoms. The van der Waals surface area contributed by atoms with Crippen LogP contribution in [0.5, 0.6) is 0 Å². The van der Waals surface area contributed by atoms with E-state index in [-0.39, 0.29) is 12.4 Å². The predicted octanol–water partition coefficient (Wildman–Crippen LogP) is 5.07. The van der Waals surface area contributed by atoms with E-state index in [9.17, 15) is 0 Å². The summed E-state index contributed by atoms with van der Waals surface area (Å²) in [5.41, 5.74) is 7.28. The van der Waals surface area contributed by atoms with Crippen LogP contribution in [0.4, 0.5) is 0 Å². The third-order valence-corrected chi connectivity index (χ3v) is 3.68. The first-order valence-electron chi connectivity index (χ1n) is 6.75. The van der Waals surface area contributed by atoms with E-state index in [1.807, 2.05) is 18.3 Å². The van der Waals surface area contributed by atoms with E-state index < -0.39 is 0 Å². The molecule has 0 spiro atoms. The average molecular weight is 292 g/mol. The van der Waals surface area contributed by atoms with E-state index in [1.165, 1.54) is 27.8 Å². The van der Waals surface area contributed by atoms with Gasteiger partial charge in [0.15, 0.2) is 0 Å². The maximum atomic E-state index is 4.55. The summed E-state index contributed by atoms with van der Waals surface area (Å²) in [7, 11) is 0. The summed E-state index contributed by atoms with van der Waals surface area (Å²) in [5, 5.41) is 0. The maximum absolute atomic E-state index is 4.55. The Balaban J connectivity index is 0.00000132. The molecule has 21 heavy (non-hydrogen) atoms. The molecule has 0 saturated carbocycles. The molecule has 0 N–H and O–H groups in total. The Morgan fingerprint density at radius 2 is 1.33 bits per heavy atom. The molecule has 3 aromatic rings. The molecule has 0 bridgehead atoms. The van der Waals surface area contributed by atoms with Crippen LogP contribution in [0.2, 0.25) is 0 Å². The van der Waals surface area contributed by atoms with Gasteiger partial charge in [-0.2, -0.15) is 0 Å². The number of hydrogen-bond donors (Lipinski definition) is 0. The van der Waals surface area contributed by atoms with E-state index in [2.05, 4.69) is 65.7 Å². The lowest BCUT2D eigenvalue weighted by Gasteiger charge is -2.02. The van der Waals surface area contributed by atoms with E-state index >= 15 is 0 Å². The Morgan fingerprint density at radius 3 is 2.14 bits per heavy atom. The van der Waals surface area contributed by atoms with Gasteiger partial charge in [0.25, 0.3) is 0 Å². The highest BCUT2D eigenvalue weighted by atomic mass is 35.5. The maximum Gasteiger partial charge on any atom is 0.0786 e. The molecule has 1 aliphatic rings. The van der Waals surface area contributed by atoms with Gasteiger partial charge < -0.3 is 0 Å². The second-order valence-electron chi connectivity index (χ2n) is 4.91. The molecule has 4 rings (SSSR count). The van der Waals surface area contributed by atoms with Gasteiger partial charge in [-0.05, 0) is 28.8 Å². The predicted molar refractivity (Wildman–Crippen MR) is 90.3 cm³/mol. The summed E-state index contributed by atoms with van der Waals surface area (Å²) >= 11 is 0. The summed E-state index contributed by atoms with van der Waals surface area (Å²) in [4.78, 5) is 4.55.